The predicted molar refractivity (Wildman–Crippen MR) is 0 cm³/mol. The zero-order valence-electron chi connectivity index (χ0n) is 5.13. The first-order chi connectivity index (χ1) is 0. The zero-order valence-corrected chi connectivity index (χ0v) is 19.9. The molecule has 0 spiro atoms. The normalized spacial score (nSPS) is 0. The van der Waals surface area contributed by atoms with Gasteiger partial charge in [0.05, 0.1) is 0 Å². The van der Waals surface area contributed by atoms with Crippen molar-refractivity contribution >= 4 is 0 Å². The number of rotatable bonds is 0. The first kappa shape index (κ1) is 47.2. The molecule has 0 N–H and O–H groups in total. The van der Waals surface area contributed by atoms with Crippen LogP contribution in [0.1, 0.15) is 0 Å². The van der Waals surface area contributed by atoms with Crippen LogP contribution in [0, 0.1) is 0 Å². The Balaban J connectivity index is 0. The van der Waals surface area contributed by atoms with E-state index in [4.69, 9.17) is 0 Å². The van der Waals surface area contributed by atoms with Crippen LogP contribution in [-0.2, 0) is 0 Å². The van der Waals surface area contributed by atoms with E-state index >= 15 is 0 Å². The van der Waals surface area contributed by atoms with Crippen LogP contribution < -0.4 is 243 Å². The summed E-state index contributed by atoms with van der Waals surface area (Å²) < 4.78 is 0. The summed E-state index contributed by atoms with van der Waals surface area (Å²) in [6, 6.07) is 0. The molecule has 0 nitrogen and oxygen atoms in total. The van der Waals surface area contributed by atoms with E-state index in [1.807, 2.05) is 0 Å². The second-order valence-corrected chi connectivity index (χ2v) is 0. The summed E-state index contributed by atoms with van der Waals surface area (Å²) in [5.74, 6) is 0. The van der Waals surface area contributed by atoms with Crippen molar-refractivity contribution in [1.29, 1.82) is 0 Å². The van der Waals surface area contributed by atoms with Crippen LogP contribution in [0.2, 0.25) is 0 Å². The molecule has 0 aromatic rings. The van der Waals surface area contributed by atoms with Crippen molar-refractivity contribution in [2.24, 2.45) is 0 Å². The van der Waals surface area contributed by atoms with Crippen LogP contribution in [0.3, 0.4) is 0 Å². The van der Waals surface area contributed by atoms with E-state index < -0.39 is 0 Å². The van der Waals surface area contributed by atoms with Crippen molar-refractivity contribution < 1.29 is 243 Å². The Morgan fingerprint density at radius 1 is 0.286 bits per heavy atom. The molecular formula is Cl3K4+. The van der Waals surface area contributed by atoms with Crippen molar-refractivity contribution in [1.82, 2.24) is 0 Å². The van der Waals surface area contributed by atoms with Crippen LogP contribution in [0.4, 0.5) is 0 Å². The maximum atomic E-state index is 0. The van der Waals surface area contributed by atoms with E-state index in [2.05, 4.69) is 0 Å². The SMILES string of the molecule is [Cl-].[Cl-].[Cl-].[K+].[K+].[K+].[K+]. The molecule has 7 heavy (non-hydrogen) atoms. The van der Waals surface area contributed by atoms with Gasteiger partial charge in [0.25, 0.3) is 0 Å². The van der Waals surface area contributed by atoms with Crippen molar-refractivity contribution in [3.05, 3.63) is 0 Å². The fourth-order valence-corrected chi connectivity index (χ4v) is 0. The quantitative estimate of drug-likeness (QED) is 0.381. The molecule has 0 aliphatic heterocycles. The Morgan fingerprint density at radius 2 is 0.286 bits per heavy atom. The monoisotopic (exact) mass is 261 g/mol. The van der Waals surface area contributed by atoms with Gasteiger partial charge in [0.15, 0.2) is 0 Å². The van der Waals surface area contributed by atoms with Gasteiger partial charge >= 0.3 is 206 Å². The van der Waals surface area contributed by atoms with Crippen molar-refractivity contribution in [3.63, 3.8) is 0 Å². The summed E-state index contributed by atoms with van der Waals surface area (Å²) in [5, 5.41) is 0. The zero-order chi connectivity index (χ0) is 0. The molecule has 0 amide bonds. The average molecular weight is 263 g/mol. The van der Waals surface area contributed by atoms with Crippen molar-refractivity contribution in [2.75, 3.05) is 0 Å². The summed E-state index contributed by atoms with van der Waals surface area (Å²) in [6.45, 7) is 0. The van der Waals surface area contributed by atoms with E-state index in [0.717, 1.165) is 0 Å². The molecule has 0 radical (unpaired) electrons. The second kappa shape index (κ2) is 37.6. The Kier molecular flexibility index (Phi) is 253. The fraction of sp³-hybridized carbons (Fsp3) is 0. The van der Waals surface area contributed by atoms with Crippen molar-refractivity contribution in [3.8, 4) is 0 Å². The van der Waals surface area contributed by atoms with Gasteiger partial charge in [0.1, 0.15) is 0 Å². The van der Waals surface area contributed by atoms with Gasteiger partial charge in [-0.3, -0.25) is 0 Å². The third-order valence-corrected chi connectivity index (χ3v) is 0. The van der Waals surface area contributed by atoms with E-state index in [-0.39, 0.29) is 243 Å². The number of hydrogen-bond acceptors (Lipinski definition) is 0. The van der Waals surface area contributed by atoms with Gasteiger partial charge in [0.2, 0.25) is 0 Å². The second-order valence-electron chi connectivity index (χ2n) is 0. The first-order valence-electron chi connectivity index (χ1n) is 0. The van der Waals surface area contributed by atoms with E-state index in [1.165, 1.54) is 0 Å². The summed E-state index contributed by atoms with van der Waals surface area (Å²) in [4.78, 5) is 0. The summed E-state index contributed by atoms with van der Waals surface area (Å²) in [7, 11) is 0. The summed E-state index contributed by atoms with van der Waals surface area (Å²) >= 11 is 0. The van der Waals surface area contributed by atoms with Crippen LogP contribution in [0.15, 0.2) is 0 Å². The maximum Gasteiger partial charge on any atom is 1.00 e. The summed E-state index contributed by atoms with van der Waals surface area (Å²) in [5.41, 5.74) is 0. The Hall–Kier alpha value is 7.42. The molecule has 0 saturated carbocycles. The predicted octanol–water partition coefficient (Wildman–Crippen LogP) is -21.0. The molecule has 0 atom stereocenters. The standard InChI is InChI=1S/3ClH.4K/h3*1H;;;;/q;;;4*+1/p-3. The Bertz CT molecular complexity index is 6.90. The molecule has 0 aliphatic carbocycles. The van der Waals surface area contributed by atoms with Gasteiger partial charge in [-0.25, -0.2) is 0 Å². The number of halogens is 3. The average Bonchev–Trinajstić information content (AvgIpc) is 0. The van der Waals surface area contributed by atoms with Gasteiger partial charge in [0, 0.05) is 0 Å². The largest absolute Gasteiger partial charge is 1.00 e. The molecule has 0 fully saturated rings. The minimum atomic E-state index is 0. The van der Waals surface area contributed by atoms with Crippen LogP contribution in [-0.4, -0.2) is 0 Å². The van der Waals surface area contributed by atoms with Gasteiger partial charge in [-0.1, -0.05) is 0 Å². The first-order valence-corrected chi connectivity index (χ1v) is 0. The molecule has 0 bridgehead atoms. The molecule has 7 heteroatoms. The topological polar surface area (TPSA) is 0 Å². The van der Waals surface area contributed by atoms with Crippen LogP contribution >= 0.6 is 0 Å². The maximum absolute atomic E-state index is 0. The fourth-order valence-electron chi connectivity index (χ4n) is 0. The van der Waals surface area contributed by atoms with Gasteiger partial charge in [-0.15, -0.1) is 0 Å². The molecule has 0 aromatic heterocycles. The van der Waals surface area contributed by atoms with E-state index in [0.29, 0.717) is 0 Å². The molecule has 0 rings (SSSR count). The third kappa shape index (κ3) is 31.8. The van der Waals surface area contributed by atoms with Crippen LogP contribution in [0.5, 0.6) is 0 Å². The van der Waals surface area contributed by atoms with Gasteiger partial charge < -0.3 is 37.2 Å². The molecule has 0 aromatic carbocycles. The molecule has 0 saturated heterocycles. The van der Waals surface area contributed by atoms with E-state index in [1.54, 1.807) is 0 Å². The molecular weight excluding hydrogens is 263 g/mol. The van der Waals surface area contributed by atoms with E-state index in [9.17, 15) is 0 Å². The molecule has 0 unspecified atom stereocenters. The summed E-state index contributed by atoms with van der Waals surface area (Å²) in [6.07, 6.45) is 0. The smallest absolute Gasteiger partial charge is 1.00 e. The third-order valence-electron chi connectivity index (χ3n) is 0. The molecule has 24 valence electrons. The number of hydrogen-bond donors (Lipinski definition) is 0. The minimum absolute atomic E-state index is 0. The van der Waals surface area contributed by atoms with Crippen LogP contribution in [0.25, 0.3) is 0 Å². The van der Waals surface area contributed by atoms with Gasteiger partial charge in [-0.2, -0.15) is 0 Å². The minimum Gasteiger partial charge on any atom is -1.00 e. The van der Waals surface area contributed by atoms with Crippen molar-refractivity contribution in [2.45, 2.75) is 0 Å². The Labute approximate surface area is 234 Å². The molecule has 0 aliphatic rings. The Morgan fingerprint density at radius 3 is 0.286 bits per heavy atom. The van der Waals surface area contributed by atoms with Gasteiger partial charge in [-0.05, 0) is 0 Å². The molecule has 0 heterocycles.